The van der Waals surface area contributed by atoms with Crippen LogP contribution in [0, 0.1) is 0 Å². The number of tetrazole rings is 1. The zero-order chi connectivity index (χ0) is 46.2. The number of hydrogen-bond acceptors (Lipinski definition) is 5. The Morgan fingerprint density at radius 1 is 0.515 bits per heavy atom. The van der Waals surface area contributed by atoms with Crippen LogP contribution in [0.25, 0.3) is 22.5 Å². The van der Waals surface area contributed by atoms with Gasteiger partial charge in [0.2, 0.25) is 0 Å². The van der Waals surface area contributed by atoms with E-state index in [1.54, 1.807) is 0 Å². The average Bonchev–Trinajstić information content (AvgIpc) is 4.02. The van der Waals surface area contributed by atoms with Crippen molar-refractivity contribution in [3.63, 3.8) is 0 Å². The minimum atomic E-state index is -0.913. The molecule has 0 fully saturated rings. The van der Waals surface area contributed by atoms with Gasteiger partial charge in [0.05, 0.1) is 12.3 Å². The summed E-state index contributed by atoms with van der Waals surface area (Å²) in [6, 6.07) is 80.0. The Hall–Kier alpha value is -7.71. The lowest BCUT2D eigenvalue weighted by Crippen LogP contribution is -2.39. The summed E-state index contributed by atoms with van der Waals surface area (Å²) in [5.41, 5.74) is 9.34. The van der Waals surface area contributed by atoms with Gasteiger partial charge in [0.15, 0.2) is 11.0 Å². The molecule has 2 heterocycles. The smallest absolute Gasteiger partial charge is 0.184 e. The molecule has 0 N–H and O–H groups in total. The van der Waals surface area contributed by atoms with Crippen molar-refractivity contribution < 1.29 is 4.74 Å². The van der Waals surface area contributed by atoms with Crippen molar-refractivity contribution in [2.24, 2.45) is 0 Å². The molecule has 0 atom stereocenters. The molecule has 0 unspecified atom stereocenters. The van der Waals surface area contributed by atoms with Crippen molar-refractivity contribution >= 4 is 11.6 Å². The number of hydrogen-bond donors (Lipinski definition) is 0. The van der Waals surface area contributed by atoms with Crippen molar-refractivity contribution in [1.82, 2.24) is 29.8 Å². The highest BCUT2D eigenvalue weighted by Crippen LogP contribution is 2.44. The quantitative estimate of drug-likeness (QED) is 0.0851. The van der Waals surface area contributed by atoms with Gasteiger partial charge in [-0.1, -0.05) is 255 Å². The third-order valence-electron chi connectivity index (χ3n) is 13.0. The lowest BCUT2D eigenvalue weighted by Gasteiger charge is -2.36. The van der Waals surface area contributed by atoms with Crippen LogP contribution in [0.2, 0.25) is 5.15 Å². The molecule has 0 amide bonds. The predicted octanol–water partition coefficient (Wildman–Crippen LogP) is 13.6. The lowest BCUT2D eigenvalue weighted by molar-refractivity contribution is -0.00264. The summed E-state index contributed by atoms with van der Waals surface area (Å²) >= 11 is 7.17. The van der Waals surface area contributed by atoms with Crippen LogP contribution in [0.1, 0.15) is 70.2 Å². The largest absolute Gasteiger partial charge is 0.355 e. The normalized spacial score (nSPS) is 11.7. The molecular formula is C60H51ClN6O. The Morgan fingerprint density at radius 2 is 0.956 bits per heavy atom. The van der Waals surface area contributed by atoms with Crippen LogP contribution < -0.4 is 0 Å². The SMILES string of the molecule is CCCCc1nc(Cl)c(COC(c2ccccc2)(c2ccccc2)c2ccccc2)n1Cc1ccc(-c2ccccc2-c2nnnn2C(c2ccccc2)(c2ccccc2)c2ccccc2)cc1. The Morgan fingerprint density at radius 3 is 1.43 bits per heavy atom. The Kier molecular flexibility index (Phi) is 13.0. The number of aryl methyl sites for hydroxylation is 1. The maximum atomic E-state index is 7.33. The number of benzene rings is 8. The molecule has 0 saturated carbocycles. The number of nitrogens with zero attached hydrogens (tertiary/aromatic N) is 6. The summed E-state index contributed by atoms with van der Waals surface area (Å²) in [6.45, 7) is 3.00. The first-order valence-corrected chi connectivity index (χ1v) is 23.7. The molecule has 2 aromatic heterocycles. The van der Waals surface area contributed by atoms with E-state index in [0.717, 1.165) is 86.4 Å². The maximum Gasteiger partial charge on any atom is 0.184 e. The summed E-state index contributed by atoms with van der Waals surface area (Å²) < 4.78 is 11.6. The molecule has 8 heteroatoms. The number of aromatic nitrogens is 6. The highest BCUT2D eigenvalue weighted by molar-refractivity contribution is 6.30. The number of unbranched alkanes of at least 4 members (excludes halogenated alkanes) is 1. The molecule has 68 heavy (non-hydrogen) atoms. The molecule has 0 aliphatic rings. The lowest BCUT2D eigenvalue weighted by atomic mass is 9.77. The van der Waals surface area contributed by atoms with Crippen LogP contribution in [-0.4, -0.2) is 29.8 Å². The van der Waals surface area contributed by atoms with Gasteiger partial charge in [0, 0.05) is 18.5 Å². The topological polar surface area (TPSA) is 70.7 Å². The van der Waals surface area contributed by atoms with Gasteiger partial charge < -0.3 is 9.30 Å². The molecular weight excluding hydrogens is 856 g/mol. The predicted molar refractivity (Wildman–Crippen MR) is 272 cm³/mol. The van der Waals surface area contributed by atoms with E-state index in [9.17, 15) is 0 Å². The molecule has 0 aliphatic heterocycles. The first kappa shape index (κ1) is 44.1. The van der Waals surface area contributed by atoms with Crippen molar-refractivity contribution in [3.05, 3.63) is 286 Å². The molecule has 0 radical (unpaired) electrons. The summed E-state index contributed by atoms with van der Waals surface area (Å²) in [6.07, 6.45) is 2.83. The molecule has 0 spiro atoms. The highest BCUT2D eigenvalue weighted by Gasteiger charge is 2.42. The van der Waals surface area contributed by atoms with Gasteiger partial charge in [-0.15, -0.1) is 5.10 Å². The minimum absolute atomic E-state index is 0.229. The zero-order valence-corrected chi connectivity index (χ0v) is 38.7. The summed E-state index contributed by atoms with van der Waals surface area (Å²) in [4.78, 5) is 4.99. The van der Waals surface area contributed by atoms with Crippen molar-refractivity contribution in [2.75, 3.05) is 0 Å². The minimum Gasteiger partial charge on any atom is -0.355 e. The standard InChI is InChI=1S/C60H51ClN6O/c1-2-3-38-56-62-57(61)55(44-68-60(50-30-16-7-17-31-50,51-32-18-8-19-33-51)52-34-20-9-21-35-52)66(56)43-45-39-41-46(42-40-45)53-36-22-23-37-54(53)58-63-64-65-67(58)59(47-24-10-4-11-25-47,48-26-12-5-13-27-48)49-28-14-6-15-29-49/h4-37,39-42H,2-3,38,43-44H2,1H3. The van der Waals surface area contributed by atoms with E-state index < -0.39 is 11.1 Å². The zero-order valence-electron chi connectivity index (χ0n) is 37.9. The third kappa shape index (κ3) is 8.36. The van der Waals surface area contributed by atoms with Crippen LogP contribution >= 0.6 is 11.6 Å². The summed E-state index contributed by atoms with van der Waals surface area (Å²) in [7, 11) is 0. The van der Waals surface area contributed by atoms with Crippen LogP contribution in [0.5, 0.6) is 0 Å². The van der Waals surface area contributed by atoms with E-state index in [4.69, 9.17) is 31.6 Å². The van der Waals surface area contributed by atoms with Gasteiger partial charge in [-0.25, -0.2) is 9.67 Å². The molecule has 334 valence electrons. The van der Waals surface area contributed by atoms with E-state index in [0.29, 0.717) is 17.5 Å². The van der Waals surface area contributed by atoms with E-state index in [2.05, 4.69) is 205 Å². The van der Waals surface area contributed by atoms with Crippen LogP contribution in [0.3, 0.4) is 0 Å². The second-order valence-corrected chi connectivity index (χ2v) is 17.3. The molecule has 8 aromatic carbocycles. The van der Waals surface area contributed by atoms with Gasteiger partial charge >= 0.3 is 0 Å². The van der Waals surface area contributed by atoms with Crippen molar-refractivity contribution in [2.45, 2.75) is 50.5 Å². The Bertz CT molecular complexity index is 2990. The fourth-order valence-corrected chi connectivity index (χ4v) is 9.94. The fraction of sp³-hybridized carbons (Fsp3) is 0.133. The summed E-state index contributed by atoms with van der Waals surface area (Å²) in [5.74, 6) is 1.59. The Labute approximate surface area is 403 Å². The summed E-state index contributed by atoms with van der Waals surface area (Å²) in [5, 5.41) is 14.5. The molecule has 7 nitrogen and oxygen atoms in total. The molecule has 10 aromatic rings. The van der Waals surface area contributed by atoms with E-state index >= 15 is 0 Å². The van der Waals surface area contributed by atoms with Crippen LogP contribution in [0.15, 0.2) is 231 Å². The van der Waals surface area contributed by atoms with Gasteiger partial charge in [-0.2, -0.15) is 0 Å². The monoisotopic (exact) mass is 906 g/mol. The fourth-order valence-electron chi connectivity index (χ4n) is 9.69. The van der Waals surface area contributed by atoms with Gasteiger partial charge in [-0.3, -0.25) is 0 Å². The number of imidazole rings is 1. The second-order valence-electron chi connectivity index (χ2n) is 17.0. The van der Waals surface area contributed by atoms with Crippen molar-refractivity contribution in [3.8, 4) is 22.5 Å². The van der Waals surface area contributed by atoms with E-state index in [1.165, 1.54) is 0 Å². The van der Waals surface area contributed by atoms with Gasteiger partial charge in [0.25, 0.3) is 0 Å². The number of rotatable bonds is 17. The first-order valence-electron chi connectivity index (χ1n) is 23.3. The third-order valence-corrected chi connectivity index (χ3v) is 13.3. The molecule has 0 saturated heterocycles. The number of ether oxygens (including phenoxy) is 1. The van der Waals surface area contributed by atoms with Gasteiger partial charge in [0.1, 0.15) is 17.0 Å². The maximum absolute atomic E-state index is 7.33. The first-order chi connectivity index (χ1) is 33.6. The van der Waals surface area contributed by atoms with Gasteiger partial charge in [-0.05, 0) is 66.9 Å². The van der Waals surface area contributed by atoms with Crippen LogP contribution in [-0.2, 0) is 35.4 Å². The average molecular weight is 908 g/mol. The second kappa shape index (κ2) is 20.0. The molecule has 10 rings (SSSR count). The van der Waals surface area contributed by atoms with Crippen LogP contribution in [0.4, 0.5) is 0 Å². The molecule has 0 aliphatic carbocycles. The number of halogens is 1. The van der Waals surface area contributed by atoms with E-state index in [1.807, 2.05) is 47.1 Å². The Balaban J connectivity index is 1.02. The molecule has 0 bridgehead atoms. The highest BCUT2D eigenvalue weighted by atomic mass is 35.5. The van der Waals surface area contributed by atoms with E-state index in [-0.39, 0.29) is 6.61 Å². The van der Waals surface area contributed by atoms with Crippen molar-refractivity contribution in [1.29, 1.82) is 0 Å².